The van der Waals surface area contributed by atoms with Crippen LogP contribution in [0.4, 0.5) is 0 Å². The first kappa shape index (κ1) is 23.4. The van der Waals surface area contributed by atoms with Crippen molar-refractivity contribution in [1.29, 1.82) is 0 Å². The molecule has 32 heavy (non-hydrogen) atoms. The minimum atomic E-state index is -0.165. The van der Waals surface area contributed by atoms with Gasteiger partial charge in [0.1, 0.15) is 0 Å². The highest BCUT2D eigenvalue weighted by Crippen LogP contribution is 2.30. The zero-order valence-corrected chi connectivity index (χ0v) is 19.2. The number of ether oxygens (including phenoxy) is 3. The molecule has 1 saturated heterocycles. The van der Waals surface area contributed by atoms with Gasteiger partial charge >= 0.3 is 5.97 Å². The number of guanidine groups is 1. The molecule has 0 amide bonds. The monoisotopic (exact) mass is 440 g/mol. The predicted octanol–water partition coefficient (Wildman–Crippen LogP) is 3.48. The molecule has 0 aliphatic carbocycles. The number of hydrogen-bond acceptors (Lipinski definition) is 6. The lowest BCUT2D eigenvalue weighted by molar-refractivity contribution is -0.145. The molecular formula is C24H32N4O4. The number of hydrogen-bond donors (Lipinski definition) is 1. The predicted molar refractivity (Wildman–Crippen MR) is 123 cm³/mol. The summed E-state index contributed by atoms with van der Waals surface area (Å²) in [5.41, 5.74) is 0.961. The summed E-state index contributed by atoms with van der Waals surface area (Å²) in [4.78, 5) is 23.3. The minimum Gasteiger partial charge on any atom is -0.490 e. The number of nitrogens with zero attached hydrogens (tertiary/aromatic N) is 3. The smallest absolute Gasteiger partial charge is 0.310 e. The Bertz CT molecular complexity index is 916. The van der Waals surface area contributed by atoms with Crippen molar-refractivity contribution in [3.8, 4) is 17.4 Å². The number of carbonyl (C=O) groups is 1. The van der Waals surface area contributed by atoms with E-state index < -0.39 is 0 Å². The standard InChI is InChI=1S/C24H32N4O4/c1-5-25-24(28-15-17(3)19(16-28)23(29)30-4)27-14-18-11-12-22(26-13-18)32-21-10-8-7-9-20(21)31-6-2/h7-13,17,19H,5-6,14-16H2,1-4H3,(H,25,27). The van der Waals surface area contributed by atoms with Crippen molar-refractivity contribution in [1.82, 2.24) is 15.2 Å². The number of pyridine rings is 1. The number of aliphatic imine (C=N–C) groups is 1. The summed E-state index contributed by atoms with van der Waals surface area (Å²) in [5, 5.41) is 3.32. The van der Waals surface area contributed by atoms with Crippen LogP contribution in [0.25, 0.3) is 0 Å². The summed E-state index contributed by atoms with van der Waals surface area (Å²) in [6, 6.07) is 11.3. The van der Waals surface area contributed by atoms with E-state index in [1.165, 1.54) is 7.11 Å². The van der Waals surface area contributed by atoms with Crippen LogP contribution in [-0.4, -0.2) is 55.2 Å². The quantitative estimate of drug-likeness (QED) is 0.382. The molecule has 1 aliphatic heterocycles. The van der Waals surface area contributed by atoms with E-state index in [0.29, 0.717) is 37.1 Å². The van der Waals surface area contributed by atoms with Crippen molar-refractivity contribution in [2.75, 3.05) is 33.4 Å². The van der Waals surface area contributed by atoms with E-state index >= 15 is 0 Å². The number of carbonyl (C=O) groups excluding carboxylic acids is 1. The van der Waals surface area contributed by atoms with Gasteiger partial charge in [-0.15, -0.1) is 0 Å². The van der Waals surface area contributed by atoms with Gasteiger partial charge in [-0.2, -0.15) is 0 Å². The van der Waals surface area contributed by atoms with E-state index in [1.807, 2.05) is 50.2 Å². The largest absolute Gasteiger partial charge is 0.490 e. The molecule has 0 spiro atoms. The number of esters is 1. The van der Waals surface area contributed by atoms with E-state index in [2.05, 4.69) is 22.1 Å². The van der Waals surface area contributed by atoms with Crippen molar-refractivity contribution in [3.63, 3.8) is 0 Å². The van der Waals surface area contributed by atoms with E-state index in [-0.39, 0.29) is 17.8 Å². The van der Waals surface area contributed by atoms with Crippen LogP contribution in [0.1, 0.15) is 26.3 Å². The van der Waals surface area contributed by atoms with Gasteiger partial charge in [-0.25, -0.2) is 9.98 Å². The Labute approximate surface area is 189 Å². The average Bonchev–Trinajstić information content (AvgIpc) is 3.20. The molecule has 3 rings (SSSR count). The second-order valence-corrected chi connectivity index (χ2v) is 7.67. The van der Waals surface area contributed by atoms with Gasteiger partial charge in [0, 0.05) is 31.9 Å². The van der Waals surface area contributed by atoms with Crippen LogP contribution in [0.5, 0.6) is 17.4 Å². The summed E-state index contributed by atoms with van der Waals surface area (Å²) < 4.78 is 16.4. The lowest BCUT2D eigenvalue weighted by Gasteiger charge is -2.21. The minimum absolute atomic E-state index is 0.137. The first-order chi connectivity index (χ1) is 15.5. The van der Waals surface area contributed by atoms with E-state index in [0.717, 1.165) is 24.6 Å². The van der Waals surface area contributed by atoms with Crippen LogP contribution in [-0.2, 0) is 16.1 Å². The normalized spacial score (nSPS) is 18.4. The summed E-state index contributed by atoms with van der Waals surface area (Å²) >= 11 is 0. The first-order valence-corrected chi connectivity index (χ1v) is 11.0. The van der Waals surface area contributed by atoms with Gasteiger partial charge in [0.05, 0.1) is 26.2 Å². The third-order valence-corrected chi connectivity index (χ3v) is 5.32. The van der Waals surface area contributed by atoms with Crippen LogP contribution >= 0.6 is 0 Å². The van der Waals surface area contributed by atoms with Crippen molar-refractivity contribution < 1.29 is 19.0 Å². The van der Waals surface area contributed by atoms with Gasteiger partial charge in [-0.05, 0) is 37.5 Å². The Hall–Kier alpha value is -3.29. The van der Waals surface area contributed by atoms with Crippen molar-refractivity contribution >= 4 is 11.9 Å². The lowest BCUT2D eigenvalue weighted by atomic mass is 9.99. The van der Waals surface area contributed by atoms with Gasteiger partial charge < -0.3 is 24.4 Å². The number of benzene rings is 1. The highest BCUT2D eigenvalue weighted by Gasteiger charge is 2.36. The number of rotatable bonds is 8. The molecule has 8 heteroatoms. The van der Waals surface area contributed by atoms with Crippen LogP contribution < -0.4 is 14.8 Å². The molecule has 2 atom stereocenters. The summed E-state index contributed by atoms with van der Waals surface area (Å²) in [7, 11) is 1.44. The molecule has 1 N–H and O–H groups in total. The molecule has 2 unspecified atom stereocenters. The van der Waals surface area contributed by atoms with Gasteiger partial charge in [-0.3, -0.25) is 4.79 Å². The number of para-hydroxylation sites is 2. The third-order valence-electron chi connectivity index (χ3n) is 5.32. The third kappa shape index (κ3) is 5.90. The molecule has 1 fully saturated rings. The molecule has 1 aromatic carbocycles. The van der Waals surface area contributed by atoms with Crippen LogP contribution in [0, 0.1) is 11.8 Å². The SMILES string of the molecule is CCNC(=NCc1ccc(Oc2ccccc2OCC)nc1)N1CC(C)C(C(=O)OC)C1. The van der Waals surface area contributed by atoms with E-state index in [1.54, 1.807) is 6.20 Å². The van der Waals surface area contributed by atoms with Crippen LogP contribution in [0.3, 0.4) is 0 Å². The molecule has 0 bridgehead atoms. The molecule has 8 nitrogen and oxygen atoms in total. The average molecular weight is 441 g/mol. The Morgan fingerprint density at radius 3 is 2.62 bits per heavy atom. The van der Waals surface area contributed by atoms with Crippen LogP contribution in [0.2, 0.25) is 0 Å². The van der Waals surface area contributed by atoms with Crippen LogP contribution in [0.15, 0.2) is 47.6 Å². The van der Waals surface area contributed by atoms with Gasteiger partial charge in [0.15, 0.2) is 17.5 Å². The maximum absolute atomic E-state index is 12.0. The maximum atomic E-state index is 12.0. The summed E-state index contributed by atoms with van der Waals surface area (Å²) in [6.45, 7) is 9.17. The number of nitrogens with one attached hydrogen (secondary N) is 1. The van der Waals surface area contributed by atoms with Gasteiger partial charge in [0.2, 0.25) is 5.88 Å². The summed E-state index contributed by atoms with van der Waals surface area (Å²) in [5.74, 6) is 2.51. The maximum Gasteiger partial charge on any atom is 0.310 e. The Kier molecular flexibility index (Phi) is 8.30. The first-order valence-electron chi connectivity index (χ1n) is 11.0. The second kappa shape index (κ2) is 11.4. The summed E-state index contributed by atoms with van der Waals surface area (Å²) in [6.07, 6.45) is 1.76. The fraction of sp³-hybridized carbons (Fsp3) is 0.458. The molecule has 2 aromatic rings. The molecule has 2 heterocycles. The molecule has 1 aromatic heterocycles. The van der Waals surface area contributed by atoms with Crippen molar-refractivity contribution in [3.05, 3.63) is 48.2 Å². The van der Waals surface area contributed by atoms with E-state index in [9.17, 15) is 4.79 Å². The topological polar surface area (TPSA) is 85.3 Å². The highest BCUT2D eigenvalue weighted by molar-refractivity contribution is 5.82. The Morgan fingerprint density at radius 1 is 1.19 bits per heavy atom. The van der Waals surface area contributed by atoms with Crippen molar-refractivity contribution in [2.24, 2.45) is 16.8 Å². The molecule has 1 aliphatic rings. The van der Waals surface area contributed by atoms with E-state index in [4.69, 9.17) is 19.2 Å². The number of likely N-dealkylation sites (tertiary alicyclic amines) is 1. The Morgan fingerprint density at radius 2 is 1.97 bits per heavy atom. The fourth-order valence-corrected chi connectivity index (χ4v) is 3.68. The Balaban J connectivity index is 1.65. The highest BCUT2D eigenvalue weighted by atomic mass is 16.5. The molecule has 172 valence electrons. The lowest BCUT2D eigenvalue weighted by Crippen LogP contribution is -2.40. The molecular weight excluding hydrogens is 408 g/mol. The molecule has 0 saturated carbocycles. The number of aromatic nitrogens is 1. The van der Waals surface area contributed by atoms with Crippen molar-refractivity contribution in [2.45, 2.75) is 27.3 Å². The fourth-order valence-electron chi connectivity index (χ4n) is 3.68. The second-order valence-electron chi connectivity index (χ2n) is 7.67. The zero-order chi connectivity index (χ0) is 22.9. The molecule has 0 radical (unpaired) electrons. The van der Waals surface area contributed by atoms with Gasteiger partial charge in [0.25, 0.3) is 0 Å². The van der Waals surface area contributed by atoms with Gasteiger partial charge in [-0.1, -0.05) is 25.1 Å². The zero-order valence-electron chi connectivity index (χ0n) is 19.2. The number of methoxy groups -OCH3 is 1.